The summed E-state index contributed by atoms with van der Waals surface area (Å²) in [6, 6.07) is 101. The zero-order chi connectivity index (χ0) is 52.6. The number of hydrogen-bond acceptors (Lipinski definition) is 3. The van der Waals surface area contributed by atoms with E-state index in [9.17, 15) is 0 Å². The normalized spacial score (nSPS) is 12.5. The third-order valence-electron chi connectivity index (χ3n) is 16.3. The highest BCUT2D eigenvalue weighted by Gasteiger charge is 2.36. The van der Waals surface area contributed by atoms with E-state index in [4.69, 9.17) is 9.97 Å². The molecule has 0 N–H and O–H groups in total. The highest BCUT2D eigenvalue weighted by molar-refractivity contribution is 6.13. The molecule has 4 heteroatoms. The average molecular weight is 1010 g/mol. The Bertz CT molecular complexity index is 4550. The molecule has 2 heterocycles. The molecule has 0 saturated carbocycles. The van der Waals surface area contributed by atoms with Crippen LogP contribution in [0.3, 0.4) is 0 Å². The molecule has 15 rings (SSSR count). The van der Waals surface area contributed by atoms with Gasteiger partial charge in [-0.1, -0.05) is 208 Å². The number of anilines is 3. The molecule has 0 amide bonds. The Morgan fingerprint density at radius 1 is 0.316 bits per heavy atom. The van der Waals surface area contributed by atoms with E-state index in [1.165, 1.54) is 54.6 Å². The van der Waals surface area contributed by atoms with Crippen molar-refractivity contribution in [3.63, 3.8) is 0 Å². The second-order valence-electron chi connectivity index (χ2n) is 21.4. The monoisotopic (exact) mass is 1010 g/mol. The fourth-order valence-electron chi connectivity index (χ4n) is 12.3. The molecule has 12 aromatic carbocycles. The van der Waals surface area contributed by atoms with Gasteiger partial charge in [-0.2, -0.15) is 0 Å². The van der Waals surface area contributed by atoms with Crippen LogP contribution >= 0.6 is 0 Å². The van der Waals surface area contributed by atoms with Crippen molar-refractivity contribution in [2.45, 2.75) is 19.3 Å². The van der Waals surface area contributed by atoms with Gasteiger partial charge in [0.05, 0.1) is 22.4 Å². The number of hydrogen-bond donors (Lipinski definition) is 0. The van der Waals surface area contributed by atoms with Crippen molar-refractivity contribution in [3.8, 4) is 73.0 Å². The Morgan fingerprint density at radius 3 is 1.51 bits per heavy atom. The number of nitrogens with zero attached hydrogens (tertiary/aromatic N) is 4. The maximum atomic E-state index is 5.38. The van der Waals surface area contributed by atoms with Crippen LogP contribution in [-0.2, 0) is 5.41 Å². The van der Waals surface area contributed by atoms with E-state index >= 15 is 0 Å². The molecule has 0 atom stereocenters. The summed E-state index contributed by atoms with van der Waals surface area (Å²) < 4.78 is 2.49. The number of benzene rings is 12. The minimum atomic E-state index is -0.203. The molecule has 0 spiro atoms. The summed E-state index contributed by atoms with van der Waals surface area (Å²) in [5, 5.41) is 7.22. The van der Waals surface area contributed by atoms with Crippen LogP contribution in [0.25, 0.3) is 116 Å². The van der Waals surface area contributed by atoms with Crippen molar-refractivity contribution in [1.82, 2.24) is 14.5 Å². The lowest BCUT2D eigenvalue weighted by atomic mass is 9.82. The molecule has 14 aromatic rings. The van der Waals surface area contributed by atoms with Crippen LogP contribution in [0.4, 0.5) is 17.1 Å². The summed E-state index contributed by atoms with van der Waals surface area (Å²) in [6.07, 6.45) is 0. The first-order chi connectivity index (χ1) is 38.9. The van der Waals surface area contributed by atoms with Crippen molar-refractivity contribution in [2.24, 2.45) is 0 Å². The topological polar surface area (TPSA) is 34.0 Å². The second kappa shape index (κ2) is 18.5. The zero-order valence-corrected chi connectivity index (χ0v) is 43.8. The first kappa shape index (κ1) is 46.2. The van der Waals surface area contributed by atoms with Gasteiger partial charge < -0.3 is 9.47 Å². The summed E-state index contributed by atoms with van der Waals surface area (Å²) in [6.45, 7) is 4.74. The van der Waals surface area contributed by atoms with E-state index < -0.39 is 0 Å². The molecule has 0 aliphatic heterocycles. The molecule has 0 unspecified atom stereocenters. The van der Waals surface area contributed by atoms with Crippen LogP contribution in [-0.4, -0.2) is 14.5 Å². The maximum Gasteiger partial charge on any atom is 0.160 e. The van der Waals surface area contributed by atoms with Gasteiger partial charge in [0, 0.05) is 55.6 Å². The summed E-state index contributed by atoms with van der Waals surface area (Å²) in [4.78, 5) is 13.2. The minimum absolute atomic E-state index is 0.203. The predicted octanol–water partition coefficient (Wildman–Crippen LogP) is 20.0. The molecule has 79 heavy (non-hydrogen) atoms. The number of rotatable bonds is 9. The van der Waals surface area contributed by atoms with E-state index in [1.807, 2.05) is 0 Å². The van der Waals surface area contributed by atoms with Crippen LogP contribution in [0.2, 0.25) is 0 Å². The molecular weight excluding hydrogens is 957 g/mol. The summed E-state index contributed by atoms with van der Waals surface area (Å²) in [7, 11) is 0. The fourth-order valence-corrected chi connectivity index (χ4v) is 12.3. The largest absolute Gasteiger partial charge is 0.310 e. The lowest BCUT2D eigenvalue weighted by molar-refractivity contribution is 0.661. The van der Waals surface area contributed by atoms with Gasteiger partial charge in [-0.3, -0.25) is 0 Å². The Morgan fingerprint density at radius 2 is 0.848 bits per heavy atom. The summed E-state index contributed by atoms with van der Waals surface area (Å²) in [5.74, 6) is 0.668. The minimum Gasteiger partial charge on any atom is -0.310 e. The average Bonchev–Trinajstić information content (AvgIpc) is 4.13. The van der Waals surface area contributed by atoms with Crippen LogP contribution in [0, 0.1) is 0 Å². The Kier molecular flexibility index (Phi) is 10.8. The SMILES string of the molecule is CC1(C)c2ccccc2-c2cc3c4cc(-c5cccc(N(c6ccc7ccccc7c6)c6ccc7ccccc7c6)c5)ccc4n(-c4cc(-c5ccccc5)cc(-c5nc(-c6ccccc6)cc(-c6ccccc6)n5)c4)c3cc21. The maximum absolute atomic E-state index is 5.38. The Balaban J connectivity index is 0.948. The second-order valence-corrected chi connectivity index (χ2v) is 21.4. The van der Waals surface area contributed by atoms with Gasteiger partial charge in [-0.05, 0) is 151 Å². The predicted molar refractivity (Wildman–Crippen MR) is 331 cm³/mol. The van der Waals surface area contributed by atoms with Crippen LogP contribution in [0.5, 0.6) is 0 Å². The van der Waals surface area contributed by atoms with Gasteiger partial charge in [-0.15, -0.1) is 0 Å². The van der Waals surface area contributed by atoms with Gasteiger partial charge in [-0.25, -0.2) is 9.97 Å². The van der Waals surface area contributed by atoms with E-state index in [2.05, 4.69) is 302 Å². The van der Waals surface area contributed by atoms with Crippen molar-refractivity contribution < 1.29 is 0 Å². The molecule has 2 aromatic heterocycles. The molecule has 0 bridgehead atoms. The number of aromatic nitrogens is 3. The van der Waals surface area contributed by atoms with E-state index in [1.54, 1.807) is 0 Å². The third kappa shape index (κ3) is 7.99. The van der Waals surface area contributed by atoms with Crippen molar-refractivity contribution in [2.75, 3.05) is 4.90 Å². The lowest BCUT2D eigenvalue weighted by Crippen LogP contribution is -2.15. The van der Waals surface area contributed by atoms with Gasteiger partial charge >= 0.3 is 0 Å². The smallest absolute Gasteiger partial charge is 0.160 e. The van der Waals surface area contributed by atoms with E-state index in [-0.39, 0.29) is 5.41 Å². The highest BCUT2D eigenvalue weighted by Crippen LogP contribution is 2.52. The van der Waals surface area contributed by atoms with Crippen molar-refractivity contribution in [1.29, 1.82) is 0 Å². The van der Waals surface area contributed by atoms with Gasteiger partial charge in [0.2, 0.25) is 0 Å². The quantitative estimate of drug-likeness (QED) is 0.144. The van der Waals surface area contributed by atoms with Gasteiger partial charge in [0.1, 0.15) is 0 Å². The Hall–Kier alpha value is -10.2. The van der Waals surface area contributed by atoms with Gasteiger partial charge in [0.15, 0.2) is 5.82 Å². The highest BCUT2D eigenvalue weighted by atomic mass is 15.1. The van der Waals surface area contributed by atoms with E-state index in [0.717, 1.165) is 84.1 Å². The molecule has 0 fully saturated rings. The molecule has 372 valence electrons. The molecule has 0 radical (unpaired) electrons. The zero-order valence-electron chi connectivity index (χ0n) is 43.8. The molecule has 1 aliphatic rings. The molecular formula is C75H52N4. The summed E-state index contributed by atoms with van der Waals surface area (Å²) >= 11 is 0. The van der Waals surface area contributed by atoms with Crippen molar-refractivity contribution >= 4 is 60.4 Å². The molecule has 0 saturated heterocycles. The standard InChI is InChI=1S/C75H52N4/c1-75(2)68-32-17-16-31-64(68)65-46-67-66-45-57(56-29-18-30-60(42-56)78(61-36-33-50-21-12-14-27-54(50)40-61)62-37-34-51-22-13-15-28-55(51)41-62)35-38-72(66)79(73(67)47-69(65)75)63-43-58(49-19-6-3-7-20-49)39-59(44-63)74-76-70(52-23-8-4-9-24-52)48-71(77-74)53-25-10-5-11-26-53/h3-48H,1-2H3. The van der Waals surface area contributed by atoms with Crippen LogP contribution in [0.1, 0.15) is 25.0 Å². The first-order valence-electron chi connectivity index (χ1n) is 27.2. The Labute approximate surface area is 459 Å². The first-order valence-corrected chi connectivity index (χ1v) is 27.2. The molecule has 4 nitrogen and oxygen atoms in total. The van der Waals surface area contributed by atoms with Gasteiger partial charge in [0.25, 0.3) is 0 Å². The van der Waals surface area contributed by atoms with Crippen molar-refractivity contribution in [3.05, 3.63) is 290 Å². The van der Waals surface area contributed by atoms with Crippen LogP contribution in [0.15, 0.2) is 279 Å². The lowest BCUT2D eigenvalue weighted by Gasteiger charge is -2.27. The molecule has 1 aliphatic carbocycles. The van der Waals surface area contributed by atoms with Crippen LogP contribution < -0.4 is 4.90 Å². The number of fused-ring (bicyclic) bond motifs is 8. The summed E-state index contributed by atoms with van der Waals surface area (Å²) in [5.41, 5.74) is 20.9. The van der Waals surface area contributed by atoms with E-state index in [0.29, 0.717) is 5.82 Å². The fraction of sp³-hybridized carbons (Fsp3) is 0.0400. The third-order valence-corrected chi connectivity index (χ3v) is 16.3.